The van der Waals surface area contributed by atoms with Crippen molar-refractivity contribution >= 4 is 38.5 Å². The van der Waals surface area contributed by atoms with Crippen LogP contribution in [0.3, 0.4) is 0 Å². The molecule has 0 nitrogen and oxygen atoms in total. The van der Waals surface area contributed by atoms with Crippen molar-refractivity contribution in [3.05, 3.63) is 31.8 Å². The van der Waals surface area contributed by atoms with Gasteiger partial charge in [0.15, 0.2) is 0 Å². The molecule has 0 aliphatic rings. The molecular formula is C7H3BrF3I. The molecule has 5 heteroatoms. The Bertz CT molecular complexity index is 275. The van der Waals surface area contributed by atoms with Crippen LogP contribution in [0.5, 0.6) is 0 Å². The predicted octanol–water partition coefficient (Wildman–Crippen LogP) is 4.07. The fourth-order valence-corrected chi connectivity index (χ4v) is 2.31. The highest BCUT2D eigenvalue weighted by atomic mass is 127. The minimum absolute atomic E-state index is 0.446. The van der Waals surface area contributed by atoms with Crippen LogP contribution in [0, 0.1) is 3.57 Å². The number of alkyl halides is 3. The lowest BCUT2D eigenvalue weighted by molar-refractivity contribution is -0.137. The molecule has 1 rings (SSSR count). The maximum absolute atomic E-state index is 12.1. The minimum Gasteiger partial charge on any atom is -0.166 e. The van der Waals surface area contributed by atoms with Crippen LogP contribution in [-0.2, 0) is 6.18 Å². The maximum Gasteiger partial charge on any atom is 0.416 e. The zero-order chi connectivity index (χ0) is 9.35. The molecule has 1 aromatic carbocycles. The van der Waals surface area contributed by atoms with Crippen LogP contribution in [0.4, 0.5) is 13.2 Å². The van der Waals surface area contributed by atoms with E-state index in [4.69, 9.17) is 0 Å². The van der Waals surface area contributed by atoms with E-state index in [0.29, 0.717) is 8.04 Å². The van der Waals surface area contributed by atoms with E-state index in [0.717, 1.165) is 12.1 Å². The Balaban J connectivity index is 3.18. The van der Waals surface area contributed by atoms with Gasteiger partial charge in [-0.25, -0.2) is 0 Å². The molecule has 12 heavy (non-hydrogen) atoms. The lowest BCUT2D eigenvalue weighted by atomic mass is 10.2. The van der Waals surface area contributed by atoms with Gasteiger partial charge in [0, 0.05) is 8.04 Å². The van der Waals surface area contributed by atoms with Crippen LogP contribution in [0.25, 0.3) is 0 Å². The van der Waals surface area contributed by atoms with E-state index in [1.165, 1.54) is 0 Å². The highest BCUT2D eigenvalue weighted by Gasteiger charge is 2.30. The second kappa shape index (κ2) is 3.53. The number of hydrogen-bond acceptors (Lipinski definition) is 0. The van der Waals surface area contributed by atoms with Gasteiger partial charge in [-0.2, -0.15) is 13.2 Å². The molecular weight excluding hydrogens is 348 g/mol. The Morgan fingerprint density at radius 3 is 2.17 bits per heavy atom. The van der Waals surface area contributed by atoms with Gasteiger partial charge in [-0.1, -0.05) is 15.9 Å². The molecule has 0 amide bonds. The standard InChI is InChI=1S/C7H3BrF3I/c8-5-1-4(7(9,10)11)2-6(12)3-5/h1-3H. The third-order valence-electron chi connectivity index (χ3n) is 1.19. The largest absolute Gasteiger partial charge is 0.416 e. The molecule has 0 saturated carbocycles. The first-order valence-electron chi connectivity index (χ1n) is 2.93. The zero-order valence-electron chi connectivity index (χ0n) is 5.62. The molecule has 0 aromatic heterocycles. The van der Waals surface area contributed by atoms with Gasteiger partial charge in [-0.05, 0) is 40.8 Å². The summed E-state index contributed by atoms with van der Waals surface area (Å²) in [6.07, 6.45) is -4.26. The zero-order valence-corrected chi connectivity index (χ0v) is 9.37. The first-order chi connectivity index (χ1) is 5.39. The van der Waals surface area contributed by atoms with E-state index >= 15 is 0 Å². The summed E-state index contributed by atoms with van der Waals surface area (Å²) in [5, 5.41) is 0. The number of halogens is 5. The van der Waals surface area contributed by atoms with Crippen molar-refractivity contribution in [1.29, 1.82) is 0 Å². The van der Waals surface area contributed by atoms with Crippen molar-refractivity contribution < 1.29 is 13.2 Å². The van der Waals surface area contributed by atoms with Crippen molar-refractivity contribution in [3.63, 3.8) is 0 Å². The Morgan fingerprint density at radius 2 is 1.75 bits per heavy atom. The molecule has 0 N–H and O–H groups in total. The van der Waals surface area contributed by atoms with Crippen LogP contribution in [-0.4, -0.2) is 0 Å². The van der Waals surface area contributed by atoms with E-state index in [-0.39, 0.29) is 0 Å². The number of benzene rings is 1. The SMILES string of the molecule is FC(F)(F)c1cc(Br)cc(I)c1. The molecule has 0 radical (unpaired) electrons. The van der Waals surface area contributed by atoms with Crippen molar-refractivity contribution in [3.8, 4) is 0 Å². The maximum atomic E-state index is 12.1. The van der Waals surface area contributed by atoms with Gasteiger partial charge in [0.2, 0.25) is 0 Å². The molecule has 0 saturated heterocycles. The van der Waals surface area contributed by atoms with Crippen LogP contribution < -0.4 is 0 Å². The van der Waals surface area contributed by atoms with E-state index in [1.54, 1.807) is 6.07 Å². The van der Waals surface area contributed by atoms with Gasteiger partial charge in [0.1, 0.15) is 0 Å². The normalized spacial score (nSPS) is 11.8. The van der Waals surface area contributed by atoms with E-state index < -0.39 is 11.7 Å². The van der Waals surface area contributed by atoms with Gasteiger partial charge in [0.05, 0.1) is 5.56 Å². The van der Waals surface area contributed by atoms with Crippen LogP contribution in [0.15, 0.2) is 22.7 Å². The molecule has 0 unspecified atom stereocenters. The monoisotopic (exact) mass is 350 g/mol. The third kappa shape index (κ3) is 2.62. The Kier molecular flexibility index (Phi) is 3.03. The van der Waals surface area contributed by atoms with E-state index in [2.05, 4.69) is 15.9 Å². The van der Waals surface area contributed by atoms with Gasteiger partial charge in [-0.3, -0.25) is 0 Å². The van der Waals surface area contributed by atoms with Gasteiger partial charge >= 0.3 is 6.18 Å². The summed E-state index contributed by atoms with van der Waals surface area (Å²) in [5.74, 6) is 0. The first kappa shape index (κ1) is 10.3. The molecule has 0 fully saturated rings. The van der Waals surface area contributed by atoms with Crippen molar-refractivity contribution in [2.45, 2.75) is 6.18 Å². The van der Waals surface area contributed by atoms with Crippen molar-refractivity contribution in [2.75, 3.05) is 0 Å². The smallest absolute Gasteiger partial charge is 0.166 e. The van der Waals surface area contributed by atoms with Gasteiger partial charge < -0.3 is 0 Å². The number of hydrogen-bond donors (Lipinski definition) is 0. The topological polar surface area (TPSA) is 0 Å². The average molecular weight is 351 g/mol. The summed E-state index contributed by atoms with van der Waals surface area (Å²) in [6, 6.07) is 3.78. The Hall–Kier alpha value is 0.220. The summed E-state index contributed by atoms with van der Waals surface area (Å²) >= 11 is 4.84. The van der Waals surface area contributed by atoms with Gasteiger partial charge in [0.25, 0.3) is 0 Å². The summed E-state index contributed by atoms with van der Waals surface area (Å²) in [5.41, 5.74) is -0.624. The van der Waals surface area contributed by atoms with Gasteiger partial charge in [-0.15, -0.1) is 0 Å². The van der Waals surface area contributed by atoms with Crippen molar-refractivity contribution in [1.82, 2.24) is 0 Å². The average Bonchev–Trinajstić information content (AvgIpc) is 1.82. The lowest BCUT2D eigenvalue weighted by Crippen LogP contribution is -2.04. The summed E-state index contributed by atoms with van der Waals surface area (Å²) in [4.78, 5) is 0. The third-order valence-corrected chi connectivity index (χ3v) is 2.27. The first-order valence-corrected chi connectivity index (χ1v) is 4.80. The molecule has 0 heterocycles. The number of rotatable bonds is 0. The van der Waals surface area contributed by atoms with Crippen LogP contribution >= 0.6 is 38.5 Å². The highest BCUT2D eigenvalue weighted by molar-refractivity contribution is 14.1. The molecule has 66 valence electrons. The predicted molar refractivity (Wildman–Crippen MR) is 51.9 cm³/mol. The van der Waals surface area contributed by atoms with E-state index in [1.807, 2.05) is 22.6 Å². The van der Waals surface area contributed by atoms with Crippen LogP contribution in [0.1, 0.15) is 5.56 Å². The molecule has 0 aliphatic carbocycles. The van der Waals surface area contributed by atoms with E-state index in [9.17, 15) is 13.2 Å². The Labute approximate surface area is 89.4 Å². The van der Waals surface area contributed by atoms with Crippen LogP contribution in [0.2, 0.25) is 0 Å². The highest BCUT2D eigenvalue weighted by Crippen LogP contribution is 2.32. The van der Waals surface area contributed by atoms with Crippen molar-refractivity contribution in [2.24, 2.45) is 0 Å². The fourth-order valence-electron chi connectivity index (χ4n) is 0.717. The molecule has 0 atom stereocenters. The summed E-state index contributed by atoms with van der Waals surface area (Å²) in [6.45, 7) is 0. The quantitative estimate of drug-likeness (QED) is 0.619. The second-order valence-corrected chi connectivity index (χ2v) is 4.32. The fraction of sp³-hybridized carbons (Fsp3) is 0.143. The molecule has 0 bridgehead atoms. The Morgan fingerprint density at radius 1 is 1.17 bits per heavy atom. The molecule has 0 spiro atoms. The molecule has 1 aromatic rings. The second-order valence-electron chi connectivity index (χ2n) is 2.16. The lowest BCUT2D eigenvalue weighted by Gasteiger charge is -2.06. The summed E-state index contributed by atoms with van der Waals surface area (Å²) in [7, 11) is 0. The summed E-state index contributed by atoms with van der Waals surface area (Å²) < 4.78 is 37.4. The minimum atomic E-state index is -4.26. The molecule has 0 aliphatic heterocycles.